The first kappa shape index (κ1) is 40.1. The molecule has 8 atom stereocenters. The van der Waals surface area contributed by atoms with E-state index in [4.69, 9.17) is 0 Å². The van der Waals surface area contributed by atoms with Gasteiger partial charge in [0.2, 0.25) is 11.6 Å². The van der Waals surface area contributed by atoms with Crippen LogP contribution in [-0.4, -0.2) is 110 Å². The minimum atomic E-state index is -1.08. The zero-order chi connectivity index (χ0) is 36.6. The van der Waals surface area contributed by atoms with Crippen molar-refractivity contribution >= 4 is 17.3 Å². The number of hydrogen-bond donors (Lipinski definition) is 4. The first-order valence-corrected chi connectivity index (χ1v) is 19.7. The van der Waals surface area contributed by atoms with Gasteiger partial charge in [-0.25, -0.2) is 0 Å². The molecule has 2 saturated heterocycles. The van der Waals surface area contributed by atoms with E-state index < -0.39 is 27.8 Å². The lowest BCUT2D eigenvalue weighted by Gasteiger charge is -2.65. The summed E-state index contributed by atoms with van der Waals surface area (Å²) >= 11 is 0. The summed E-state index contributed by atoms with van der Waals surface area (Å²) in [7, 11) is 4.52. The molecule has 54 heavy (non-hydrogen) atoms. The molecule has 0 radical (unpaired) electrons. The molecule has 0 aromatic rings. The first-order valence-electron chi connectivity index (χ1n) is 19.7. The first-order chi connectivity index (χ1) is 24.6. The molecule has 2 unspecified atom stereocenters. The maximum absolute atomic E-state index is 12.4. The van der Waals surface area contributed by atoms with Gasteiger partial charge in [-0.15, -0.1) is 0 Å². The van der Waals surface area contributed by atoms with Crippen molar-refractivity contribution in [2.75, 3.05) is 40.3 Å². The lowest BCUT2D eigenvalue weighted by molar-refractivity contribution is -0.944. The summed E-state index contributed by atoms with van der Waals surface area (Å²) in [4.78, 5) is 36.8. The van der Waals surface area contributed by atoms with Crippen molar-refractivity contribution in [3.63, 3.8) is 0 Å². The molecule has 10 aliphatic rings. The van der Waals surface area contributed by atoms with Crippen molar-refractivity contribution in [3.05, 3.63) is 82.4 Å². The molecule has 8 aliphatic carbocycles. The molecule has 292 valence electrons. The van der Waals surface area contributed by atoms with Crippen LogP contribution >= 0.6 is 0 Å². The summed E-state index contributed by atoms with van der Waals surface area (Å²) in [6.45, 7) is 8.20. The topological polar surface area (TPSA) is 132 Å². The highest BCUT2D eigenvalue weighted by Crippen LogP contribution is 2.65. The molecule has 4 saturated carbocycles. The second kappa shape index (κ2) is 13.2. The molecule has 4 bridgehead atoms. The third-order valence-electron chi connectivity index (χ3n) is 15.5. The highest BCUT2D eigenvalue weighted by Gasteiger charge is 2.71. The summed E-state index contributed by atoms with van der Waals surface area (Å²) in [5, 5.41) is 45.4. The maximum atomic E-state index is 12.4. The minimum Gasteiger partial charge on any atom is -1.00 e. The molecule has 0 aromatic heterocycles. The summed E-state index contributed by atoms with van der Waals surface area (Å²) in [6.07, 6.45) is 20.4. The molecule has 10 rings (SSSR count). The van der Waals surface area contributed by atoms with Gasteiger partial charge in [0, 0.05) is 59.5 Å². The highest BCUT2D eigenvalue weighted by atomic mass is 127. The number of allylic oxidation sites excluding steroid dienone is 7. The van der Waals surface area contributed by atoms with Crippen LogP contribution in [0.25, 0.3) is 0 Å². The Kier molecular flexibility index (Phi) is 9.78. The Hall–Kier alpha value is -2.16. The highest BCUT2D eigenvalue weighted by molar-refractivity contribution is 6.06. The number of nitrogens with zero attached hydrogens (tertiary/aromatic N) is 2. The van der Waals surface area contributed by atoms with Crippen LogP contribution in [-0.2, 0) is 14.4 Å². The lowest BCUT2D eigenvalue weighted by atomic mass is 9.48. The van der Waals surface area contributed by atoms with Crippen molar-refractivity contribution in [3.8, 4) is 0 Å². The molecule has 11 heteroatoms. The fraction of sp³-hybridized carbons (Fsp3) is 0.605. The number of likely N-dealkylation sites (N-methyl/N-ethyl adjacent to an activating group) is 2. The lowest BCUT2D eigenvalue weighted by Crippen LogP contribution is -3.00. The number of Topliss-reactive ketones (excluding diaryl/α,β-unsaturated/α-hetero) is 1. The number of piperidine rings is 2. The van der Waals surface area contributed by atoms with Gasteiger partial charge in [0.25, 0.3) is 0 Å². The van der Waals surface area contributed by atoms with E-state index in [1.165, 1.54) is 37.8 Å². The number of quaternary nitrogens is 2. The van der Waals surface area contributed by atoms with Crippen LogP contribution in [0.15, 0.2) is 82.4 Å². The van der Waals surface area contributed by atoms with Crippen molar-refractivity contribution in [1.29, 1.82) is 0 Å². The fourth-order valence-corrected chi connectivity index (χ4v) is 12.6. The average molecular weight is 918 g/mol. The molecule has 0 aromatic carbocycles. The molecule has 4 N–H and O–H groups in total. The van der Waals surface area contributed by atoms with E-state index in [-0.39, 0.29) is 82.5 Å². The van der Waals surface area contributed by atoms with Gasteiger partial charge in [-0.1, -0.05) is 24.3 Å². The Balaban J connectivity index is 0.000000161. The molecule has 0 spiro atoms. The summed E-state index contributed by atoms with van der Waals surface area (Å²) in [5.74, 6) is 0.424. The van der Waals surface area contributed by atoms with Gasteiger partial charge in [-0.3, -0.25) is 14.4 Å². The Bertz CT molecular complexity index is 1790. The number of likely N-dealkylation sites (tertiary alicyclic amines) is 2. The number of hydrogen-bond acceptors (Lipinski definition) is 7. The minimum absolute atomic E-state index is 0. The number of fused-ring (bicyclic) bond motifs is 2. The number of rotatable bonds is 4. The molecular weight excluding hydrogens is 863 g/mol. The van der Waals surface area contributed by atoms with Crippen LogP contribution < -0.4 is 41.0 Å². The Morgan fingerprint density at radius 3 is 1.56 bits per heavy atom. The summed E-state index contributed by atoms with van der Waals surface area (Å²) in [5.41, 5.74) is 0.672. The second-order valence-corrected chi connectivity index (χ2v) is 18.8. The van der Waals surface area contributed by atoms with Crippen molar-refractivity contribution in [1.82, 2.24) is 0 Å². The SMILES string of the molecule is C=C1CC[C@@]2(O)[C@H]3C=C4C=CC(=O)C(O)=C4[C@@]2(CC[N+]3(C)CC2CC2)C1.C[N+]1(CC2CC2)CC[C@]23CC(=O)CC[C@@]2(O)[C@H]1C=C1C=CC(=O)C(O)=C13.[Br-].[I-]. The molecule has 2 heterocycles. The van der Waals surface area contributed by atoms with Crippen LogP contribution in [0.2, 0.25) is 0 Å². The standard InChI is InChI=1S/C22H27NO3.C21H25NO4.BrH.HI/c1-14-7-8-22(26)18-11-16-5-6-17(24)20(25)19(16)21(22,12-14)9-10-23(18,2)13-15-3-4-15;1-22(12-13-2-3-13)9-8-20-11-15(23)6-7-21(20,26)17(22)10-14-4-5-16(24)19(25)18(14)20;;/h5-6,11,15,18,26H,1,3-4,7-10,12-13H2,2H3;4-5,10,13,17,26H,2-3,6-9,11-12H2,1H3;2*1H/t18-,21-,22-,23?;17-,20-,21-,22?;;/m11../s1. The normalized spacial score (nSPS) is 42.9. The zero-order valence-electron chi connectivity index (χ0n) is 31.5. The van der Waals surface area contributed by atoms with E-state index in [1.54, 1.807) is 6.08 Å². The van der Waals surface area contributed by atoms with E-state index in [9.17, 15) is 34.8 Å². The van der Waals surface area contributed by atoms with Gasteiger partial charge < -0.3 is 70.4 Å². The summed E-state index contributed by atoms with van der Waals surface area (Å²) in [6, 6.07) is -0.0938. The molecule has 0 amide bonds. The Morgan fingerprint density at radius 1 is 0.685 bits per heavy atom. The number of carbonyl (C=O) groups excluding carboxylic acids is 3. The molecule has 9 nitrogen and oxygen atoms in total. The van der Waals surface area contributed by atoms with Gasteiger partial charge in [0.05, 0.1) is 40.3 Å². The third kappa shape index (κ3) is 5.59. The second-order valence-electron chi connectivity index (χ2n) is 18.8. The van der Waals surface area contributed by atoms with Gasteiger partial charge in [0.15, 0.2) is 11.5 Å². The molecule has 6 fully saturated rings. The molecule has 2 aliphatic heterocycles. The van der Waals surface area contributed by atoms with Crippen molar-refractivity contribution in [2.24, 2.45) is 22.7 Å². The van der Waals surface area contributed by atoms with Gasteiger partial charge in [-0.2, -0.15) is 0 Å². The van der Waals surface area contributed by atoms with Crippen molar-refractivity contribution in [2.45, 2.75) is 100 Å². The summed E-state index contributed by atoms with van der Waals surface area (Å²) < 4.78 is 1.66. The number of carbonyl (C=O) groups is 3. The van der Waals surface area contributed by atoms with E-state index in [0.717, 1.165) is 76.5 Å². The van der Waals surface area contributed by atoms with E-state index >= 15 is 0 Å². The quantitative estimate of drug-likeness (QED) is 0.161. The fourth-order valence-electron chi connectivity index (χ4n) is 12.6. The average Bonchev–Trinajstić information content (AvgIpc) is 4.04. The number of aliphatic hydroxyl groups is 4. The number of ketones is 3. The predicted molar refractivity (Wildman–Crippen MR) is 194 cm³/mol. The largest absolute Gasteiger partial charge is 1.00 e. The maximum Gasteiger partial charge on any atom is 0.220 e. The van der Waals surface area contributed by atoms with Crippen LogP contribution in [0, 0.1) is 22.7 Å². The van der Waals surface area contributed by atoms with Gasteiger partial charge >= 0.3 is 0 Å². The van der Waals surface area contributed by atoms with Crippen LogP contribution in [0.4, 0.5) is 0 Å². The van der Waals surface area contributed by atoms with Crippen LogP contribution in [0.3, 0.4) is 0 Å². The van der Waals surface area contributed by atoms with Crippen LogP contribution in [0.5, 0.6) is 0 Å². The molecular formula is C43H54BrIN2O7. The number of aliphatic hydroxyl groups excluding tert-OH is 2. The number of halogens is 2. The smallest absolute Gasteiger partial charge is 0.220 e. The third-order valence-corrected chi connectivity index (χ3v) is 15.5. The monoisotopic (exact) mass is 916 g/mol. The van der Waals surface area contributed by atoms with Crippen molar-refractivity contribution < 1.29 is 84.7 Å². The van der Waals surface area contributed by atoms with E-state index in [2.05, 4.69) is 32.8 Å². The van der Waals surface area contributed by atoms with E-state index in [1.807, 2.05) is 6.08 Å². The van der Waals surface area contributed by atoms with Crippen LogP contribution in [0.1, 0.15) is 77.0 Å². The van der Waals surface area contributed by atoms with E-state index in [0.29, 0.717) is 43.3 Å². The van der Waals surface area contributed by atoms with Gasteiger partial charge in [-0.05, 0) is 86.8 Å². The zero-order valence-corrected chi connectivity index (χ0v) is 35.2. The Labute approximate surface area is 345 Å². The predicted octanol–water partition coefficient (Wildman–Crippen LogP) is -1.05. The van der Waals surface area contributed by atoms with Gasteiger partial charge in [0.1, 0.15) is 29.1 Å². The Morgan fingerprint density at radius 2 is 1.11 bits per heavy atom.